The monoisotopic (exact) mass is 328 g/mol. The van der Waals surface area contributed by atoms with Gasteiger partial charge in [-0.15, -0.1) is 23.7 Å². The summed E-state index contributed by atoms with van der Waals surface area (Å²) in [5.74, 6) is 0.931. The van der Waals surface area contributed by atoms with Gasteiger partial charge in [0.15, 0.2) is 5.13 Å². The molecule has 0 spiro atoms. The lowest BCUT2D eigenvalue weighted by Crippen LogP contribution is -2.14. The highest BCUT2D eigenvalue weighted by molar-refractivity contribution is 7.15. The van der Waals surface area contributed by atoms with E-state index in [0.717, 1.165) is 30.3 Å². The smallest absolute Gasteiger partial charge is 0.226 e. The van der Waals surface area contributed by atoms with Gasteiger partial charge in [0.1, 0.15) is 0 Å². The molecule has 5 heteroatoms. The van der Waals surface area contributed by atoms with Crippen LogP contribution in [0.25, 0.3) is 0 Å². The van der Waals surface area contributed by atoms with Crippen molar-refractivity contribution in [3.8, 4) is 0 Å². The Kier molecular flexibility index (Phi) is 6.49. The maximum atomic E-state index is 12.0. The molecule has 1 aromatic heterocycles. The molecule has 0 aliphatic heterocycles. The van der Waals surface area contributed by atoms with E-state index in [1.165, 1.54) is 55.5 Å². The van der Waals surface area contributed by atoms with Gasteiger partial charge in [0.05, 0.1) is 5.69 Å². The first-order valence-corrected chi connectivity index (χ1v) is 8.91. The Morgan fingerprint density at radius 2 is 1.90 bits per heavy atom. The van der Waals surface area contributed by atoms with E-state index in [9.17, 15) is 4.79 Å². The van der Waals surface area contributed by atoms with E-state index in [4.69, 9.17) is 0 Å². The lowest BCUT2D eigenvalue weighted by molar-refractivity contribution is -0.116. The Hall–Kier alpha value is -0.610. The number of carbonyl (C=O) groups excluding carboxylic acids is 1. The number of aromatic nitrogens is 1. The van der Waals surface area contributed by atoms with Crippen molar-refractivity contribution in [2.24, 2.45) is 5.92 Å². The quantitative estimate of drug-likeness (QED) is 0.867. The van der Waals surface area contributed by atoms with Crippen molar-refractivity contribution in [1.82, 2.24) is 4.98 Å². The Morgan fingerprint density at radius 3 is 2.67 bits per heavy atom. The van der Waals surface area contributed by atoms with E-state index in [1.54, 1.807) is 11.3 Å². The first-order chi connectivity index (χ1) is 9.81. The highest BCUT2D eigenvalue weighted by atomic mass is 35.5. The Morgan fingerprint density at radius 1 is 1.14 bits per heavy atom. The number of nitrogens with one attached hydrogen (secondary N) is 1. The van der Waals surface area contributed by atoms with Gasteiger partial charge >= 0.3 is 0 Å². The SMILES string of the molecule is Cl.O=C(CCC1CCCCC1)Nc1nc2c(s1)CCCC2. The fourth-order valence-corrected chi connectivity index (χ4v) is 4.46. The number of nitrogens with zero attached hydrogens (tertiary/aromatic N) is 1. The van der Waals surface area contributed by atoms with Crippen LogP contribution in [-0.2, 0) is 17.6 Å². The van der Waals surface area contributed by atoms with Crippen molar-refractivity contribution in [3.63, 3.8) is 0 Å². The number of carbonyl (C=O) groups is 1. The number of amides is 1. The molecule has 0 unspecified atom stereocenters. The van der Waals surface area contributed by atoms with Gasteiger partial charge in [0, 0.05) is 11.3 Å². The Balaban J connectivity index is 0.00000161. The van der Waals surface area contributed by atoms with Gasteiger partial charge in [0.2, 0.25) is 5.91 Å². The van der Waals surface area contributed by atoms with E-state index in [1.807, 2.05) is 0 Å². The first kappa shape index (κ1) is 16.8. The number of halogens is 1. The molecule has 0 radical (unpaired) electrons. The van der Waals surface area contributed by atoms with Gasteiger partial charge in [-0.2, -0.15) is 0 Å². The van der Waals surface area contributed by atoms with E-state index >= 15 is 0 Å². The summed E-state index contributed by atoms with van der Waals surface area (Å²) in [4.78, 5) is 18.0. The van der Waals surface area contributed by atoms with Crippen LogP contribution in [0.15, 0.2) is 0 Å². The topological polar surface area (TPSA) is 42.0 Å². The molecular formula is C16H25ClN2OS. The molecule has 2 aliphatic rings. The molecule has 0 atom stereocenters. The third kappa shape index (κ3) is 4.68. The van der Waals surface area contributed by atoms with Crippen LogP contribution in [0, 0.1) is 5.92 Å². The summed E-state index contributed by atoms with van der Waals surface area (Å²) in [7, 11) is 0. The zero-order valence-electron chi connectivity index (χ0n) is 12.5. The molecule has 1 amide bonds. The van der Waals surface area contributed by atoms with E-state index in [2.05, 4.69) is 10.3 Å². The maximum absolute atomic E-state index is 12.0. The van der Waals surface area contributed by atoms with Crippen LogP contribution in [0.2, 0.25) is 0 Å². The van der Waals surface area contributed by atoms with Crippen molar-refractivity contribution in [2.45, 2.75) is 70.6 Å². The van der Waals surface area contributed by atoms with Crippen molar-refractivity contribution in [3.05, 3.63) is 10.6 Å². The van der Waals surface area contributed by atoms with Crippen molar-refractivity contribution >= 4 is 34.8 Å². The Labute approximate surface area is 137 Å². The van der Waals surface area contributed by atoms with Gasteiger partial charge in [-0.1, -0.05) is 32.1 Å². The molecule has 0 aromatic carbocycles. The van der Waals surface area contributed by atoms with Gasteiger partial charge in [-0.3, -0.25) is 4.79 Å². The van der Waals surface area contributed by atoms with Crippen LogP contribution in [-0.4, -0.2) is 10.9 Å². The first-order valence-electron chi connectivity index (χ1n) is 8.09. The second-order valence-electron chi connectivity index (χ2n) is 6.19. The third-order valence-electron chi connectivity index (χ3n) is 4.60. The highest BCUT2D eigenvalue weighted by Gasteiger charge is 2.18. The zero-order chi connectivity index (χ0) is 13.8. The van der Waals surface area contributed by atoms with E-state index in [0.29, 0.717) is 6.42 Å². The lowest BCUT2D eigenvalue weighted by Gasteiger charge is -2.20. The minimum Gasteiger partial charge on any atom is -0.302 e. The molecule has 1 aromatic rings. The minimum absolute atomic E-state index is 0. The normalized spacial score (nSPS) is 18.7. The van der Waals surface area contributed by atoms with Gasteiger partial charge in [0.25, 0.3) is 0 Å². The average molecular weight is 329 g/mol. The van der Waals surface area contributed by atoms with E-state index in [-0.39, 0.29) is 18.3 Å². The molecule has 0 bridgehead atoms. The maximum Gasteiger partial charge on any atom is 0.226 e. The molecule has 1 fully saturated rings. The number of thiazole rings is 1. The summed E-state index contributed by atoms with van der Waals surface area (Å²) in [6, 6.07) is 0. The largest absolute Gasteiger partial charge is 0.302 e. The predicted octanol–water partition coefficient (Wildman–Crippen LogP) is 4.74. The van der Waals surface area contributed by atoms with Crippen LogP contribution in [0.3, 0.4) is 0 Å². The summed E-state index contributed by atoms with van der Waals surface area (Å²) in [6.45, 7) is 0. The number of aryl methyl sites for hydroxylation is 2. The summed E-state index contributed by atoms with van der Waals surface area (Å²) in [6.07, 6.45) is 13.2. The number of hydrogen-bond donors (Lipinski definition) is 1. The van der Waals surface area contributed by atoms with Crippen molar-refractivity contribution in [1.29, 1.82) is 0 Å². The predicted molar refractivity (Wildman–Crippen MR) is 90.4 cm³/mol. The molecule has 3 rings (SSSR count). The molecule has 0 saturated heterocycles. The number of rotatable bonds is 4. The number of fused-ring (bicyclic) bond motifs is 1. The molecule has 3 nitrogen and oxygen atoms in total. The molecule has 21 heavy (non-hydrogen) atoms. The number of anilines is 1. The molecule has 1 heterocycles. The van der Waals surface area contributed by atoms with Crippen LogP contribution in [0.4, 0.5) is 5.13 Å². The summed E-state index contributed by atoms with van der Waals surface area (Å²) < 4.78 is 0. The average Bonchev–Trinajstić information content (AvgIpc) is 2.88. The van der Waals surface area contributed by atoms with Crippen molar-refractivity contribution < 1.29 is 4.79 Å². The highest BCUT2D eigenvalue weighted by Crippen LogP contribution is 2.30. The molecule has 1 N–H and O–H groups in total. The van der Waals surface area contributed by atoms with Gasteiger partial charge < -0.3 is 5.32 Å². The zero-order valence-corrected chi connectivity index (χ0v) is 14.2. The molecule has 1 saturated carbocycles. The lowest BCUT2D eigenvalue weighted by atomic mass is 9.86. The molecule has 2 aliphatic carbocycles. The second kappa shape index (κ2) is 8.14. The Bertz CT molecular complexity index is 445. The minimum atomic E-state index is 0. The number of hydrogen-bond acceptors (Lipinski definition) is 3. The van der Waals surface area contributed by atoms with Gasteiger partial charge in [-0.05, 0) is 38.0 Å². The molecule has 118 valence electrons. The fourth-order valence-electron chi connectivity index (χ4n) is 3.40. The van der Waals surface area contributed by atoms with Crippen LogP contribution < -0.4 is 5.32 Å². The van der Waals surface area contributed by atoms with Crippen LogP contribution in [0.5, 0.6) is 0 Å². The summed E-state index contributed by atoms with van der Waals surface area (Å²) in [5.41, 5.74) is 1.23. The fraction of sp³-hybridized carbons (Fsp3) is 0.750. The third-order valence-corrected chi connectivity index (χ3v) is 5.67. The standard InChI is InChI=1S/C16H24N2OS.ClH/c19-15(11-10-12-6-2-1-3-7-12)18-16-17-13-8-4-5-9-14(13)20-16;/h12H,1-11H2,(H,17,18,19);1H. The summed E-state index contributed by atoms with van der Waals surface area (Å²) >= 11 is 1.68. The van der Waals surface area contributed by atoms with Crippen LogP contribution >= 0.6 is 23.7 Å². The van der Waals surface area contributed by atoms with Crippen molar-refractivity contribution in [2.75, 3.05) is 5.32 Å². The van der Waals surface area contributed by atoms with Crippen LogP contribution in [0.1, 0.15) is 68.4 Å². The molecular weight excluding hydrogens is 304 g/mol. The summed E-state index contributed by atoms with van der Waals surface area (Å²) in [5, 5.41) is 3.83. The van der Waals surface area contributed by atoms with Gasteiger partial charge in [-0.25, -0.2) is 4.98 Å². The van der Waals surface area contributed by atoms with E-state index < -0.39 is 0 Å². The second-order valence-corrected chi connectivity index (χ2v) is 7.27.